The largest absolute Gasteiger partial charge is 0.465 e. The van der Waals surface area contributed by atoms with Crippen molar-refractivity contribution in [3.8, 4) is 0 Å². The first-order valence-electron chi connectivity index (χ1n) is 6.12. The maximum Gasteiger partial charge on any atom is 0.338 e. The number of carbonyl (C=O) groups excluding carboxylic acids is 1. The van der Waals surface area contributed by atoms with Gasteiger partial charge in [0.2, 0.25) is 0 Å². The average Bonchev–Trinajstić information content (AvgIpc) is 2.47. The van der Waals surface area contributed by atoms with Crippen LogP contribution in [0.1, 0.15) is 15.9 Å². The van der Waals surface area contributed by atoms with Crippen LogP contribution in [0.15, 0.2) is 52.3 Å². The fraction of sp³-hybridized carbons (Fsp3) is 0.133. The van der Waals surface area contributed by atoms with Crippen LogP contribution < -0.4 is 0 Å². The summed E-state index contributed by atoms with van der Waals surface area (Å²) in [5.41, 5.74) is 1.43. The molecule has 0 radical (unpaired) electrons. The molecule has 0 saturated heterocycles. The lowest BCUT2D eigenvalue weighted by Gasteiger charge is -2.07. The Bertz CT molecular complexity index is 683. The summed E-state index contributed by atoms with van der Waals surface area (Å²) < 4.78 is 4.70. The minimum Gasteiger partial charge on any atom is -0.465 e. The number of nitro benzene ring substituents is 1. The van der Waals surface area contributed by atoms with Crippen molar-refractivity contribution in [2.45, 2.75) is 16.7 Å². The summed E-state index contributed by atoms with van der Waals surface area (Å²) >= 11 is 1.48. The molecule has 0 aliphatic carbocycles. The monoisotopic (exact) mass is 303 g/mol. The topological polar surface area (TPSA) is 69.4 Å². The SMILES string of the molecule is COC(=O)c1ccc(Sc2ccc([N+](=O)[O-])cc2)cc1C. The Hall–Kier alpha value is -2.34. The van der Waals surface area contributed by atoms with Crippen LogP contribution in [0.3, 0.4) is 0 Å². The van der Waals surface area contributed by atoms with E-state index < -0.39 is 4.92 Å². The number of hydrogen-bond donors (Lipinski definition) is 0. The van der Waals surface area contributed by atoms with Gasteiger partial charge in [-0.15, -0.1) is 0 Å². The normalized spacial score (nSPS) is 10.2. The van der Waals surface area contributed by atoms with E-state index in [2.05, 4.69) is 0 Å². The molecule has 21 heavy (non-hydrogen) atoms. The molecule has 0 aliphatic rings. The maximum absolute atomic E-state index is 11.5. The zero-order valence-electron chi connectivity index (χ0n) is 11.5. The van der Waals surface area contributed by atoms with E-state index in [-0.39, 0.29) is 11.7 Å². The van der Waals surface area contributed by atoms with Gasteiger partial charge in [0.05, 0.1) is 17.6 Å². The van der Waals surface area contributed by atoms with Gasteiger partial charge in [0.15, 0.2) is 0 Å². The van der Waals surface area contributed by atoms with Gasteiger partial charge in [0.25, 0.3) is 5.69 Å². The molecule has 0 N–H and O–H groups in total. The highest BCUT2D eigenvalue weighted by atomic mass is 32.2. The molecule has 0 atom stereocenters. The second kappa shape index (κ2) is 6.41. The van der Waals surface area contributed by atoms with E-state index in [1.54, 1.807) is 18.2 Å². The Kier molecular flexibility index (Phi) is 4.59. The second-order valence-electron chi connectivity index (χ2n) is 4.32. The van der Waals surface area contributed by atoms with Crippen LogP contribution in [0.4, 0.5) is 5.69 Å². The van der Waals surface area contributed by atoms with Crippen LogP contribution in [-0.4, -0.2) is 18.0 Å². The molecule has 0 spiro atoms. The molecule has 0 aliphatic heterocycles. The molecule has 2 aromatic carbocycles. The third kappa shape index (κ3) is 3.61. The molecule has 108 valence electrons. The first kappa shape index (κ1) is 15.1. The molecule has 2 rings (SSSR count). The fourth-order valence-electron chi connectivity index (χ4n) is 1.81. The van der Waals surface area contributed by atoms with Crippen molar-refractivity contribution in [3.05, 3.63) is 63.7 Å². The van der Waals surface area contributed by atoms with Crippen LogP contribution in [0.2, 0.25) is 0 Å². The van der Waals surface area contributed by atoms with Crippen LogP contribution in [0.25, 0.3) is 0 Å². The zero-order chi connectivity index (χ0) is 15.4. The number of aryl methyl sites for hydroxylation is 1. The molecular weight excluding hydrogens is 290 g/mol. The van der Waals surface area contributed by atoms with Gasteiger partial charge in [-0.05, 0) is 42.8 Å². The van der Waals surface area contributed by atoms with E-state index in [4.69, 9.17) is 4.74 Å². The molecule has 6 heteroatoms. The van der Waals surface area contributed by atoms with Gasteiger partial charge in [-0.25, -0.2) is 4.79 Å². The van der Waals surface area contributed by atoms with Gasteiger partial charge in [0, 0.05) is 21.9 Å². The summed E-state index contributed by atoms with van der Waals surface area (Å²) in [7, 11) is 1.35. The molecule has 0 aromatic heterocycles. The number of benzene rings is 2. The second-order valence-corrected chi connectivity index (χ2v) is 5.47. The summed E-state index contributed by atoms with van der Waals surface area (Å²) in [6, 6.07) is 11.8. The van der Waals surface area contributed by atoms with Gasteiger partial charge in [-0.3, -0.25) is 10.1 Å². The molecule has 0 heterocycles. The summed E-state index contributed by atoms with van der Waals surface area (Å²) in [5.74, 6) is -0.362. The number of non-ortho nitro benzene ring substituents is 1. The minimum atomic E-state index is -0.427. The van der Waals surface area contributed by atoms with Crippen molar-refractivity contribution in [3.63, 3.8) is 0 Å². The molecular formula is C15H13NO4S. The number of esters is 1. The molecule has 2 aromatic rings. The van der Waals surface area contributed by atoms with Gasteiger partial charge < -0.3 is 4.74 Å². The van der Waals surface area contributed by atoms with Gasteiger partial charge in [-0.1, -0.05) is 11.8 Å². The lowest BCUT2D eigenvalue weighted by atomic mass is 10.1. The highest BCUT2D eigenvalue weighted by molar-refractivity contribution is 7.99. The summed E-state index contributed by atoms with van der Waals surface area (Å²) in [4.78, 5) is 23.5. The lowest BCUT2D eigenvalue weighted by Crippen LogP contribution is -2.03. The van der Waals surface area contributed by atoms with Crippen LogP contribution in [0, 0.1) is 17.0 Å². The van der Waals surface area contributed by atoms with E-state index in [1.807, 2.05) is 19.1 Å². The number of methoxy groups -OCH3 is 1. The number of hydrogen-bond acceptors (Lipinski definition) is 5. The number of ether oxygens (including phenoxy) is 1. The number of rotatable bonds is 4. The van der Waals surface area contributed by atoms with Crippen molar-refractivity contribution in [2.24, 2.45) is 0 Å². The molecule has 0 bridgehead atoms. The Morgan fingerprint density at radius 1 is 1.14 bits per heavy atom. The summed E-state index contributed by atoms with van der Waals surface area (Å²) in [5, 5.41) is 10.6. The lowest BCUT2D eigenvalue weighted by molar-refractivity contribution is -0.384. The highest BCUT2D eigenvalue weighted by Gasteiger charge is 2.10. The van der Waals surface area contributed by atoms with Gasteiger partial charge >= 0.3 is 5.97 Å². The number of carbonyl (C=O) groups is 1. The third-order valence-corrected chi connectivity index (χ3v) is 3.88. The van der Waals surface area contributed by atoms with Crippen LogP contribution in [0.5, 0.6) is 0 Å². The van der Waals surface area contributed by atoms with E-state index in [0.717, 1.165) is 15.4 Å². The average molecular weight is 303 g/mol. The third-order valence-electron chi connectivity index (χ3n) is 2.89. The Morgan fingerprint density at radius 3 is 2.29 bits per heavy atom. The van der Waals surface area contributed by atoms with Crippen LogP contribution >= 0.6 is 11.8 Å². The Morgan fingerprint density at radius 2 is 1.76 bits per heavy atom. The molecule has 0 amide bonds. The quantitative estimate of drug-likeness (QED) is 0.487. The van der Waals surface area contributed by atoms with E-state index >= 15 is 0 Å². The minimum absolute atomic E-state index is 0.0663. The Labute approximate surface area is 126 Å². The number of nitro groups is 1. The highest BCUT2D eigenvalue weighted by Crippen LogP contribution is 2.30. The predicted molar refractivity (Wildman–Crippen MR) is 79.7 cm³/mol. The van der Waals surface area contributed by atoms with Crippen molar-refractivity contribution in [1.82, 2.24) is 0 Å². The molecule has 0 unspecified atom stereocenters. The summed E-state index contributed by atoms with van der Waals surface area (Å²) in [6.07, 6.45) is 0. The van der Waals surface area contributed by atoms with E-state index in [0.29, 0.717) is 5.56 Å². The smallest absolute Gasteiger partial charge is 0.338 e. The van der Waals surface area contributed by atoms with Crippen LogP contribution in [-0.2, 0) is 4.74 Å². The molecule has 0 saturated carbocycles. The van der Waals surface area contributed by atoms with E-state index in [9.17, 15) is 14.9 Å². The standard InChI is InChI=1S/C15H13NO4S/c1-10-9-13(7-8-14(10)15(17)20-2)21-12-5-3-11(4-6-12)16(18)19/h3-9H,1-2H3. The maximum atomic E-state index is 11.5. The predicted octanol–water partition coefficient (Wildman–Crippen LogP) is 3.84. The first-order chi connectivity index (χ1) is 10.0. The Balaban J connectivity index is 2.18. The molecule has 5 nitrogen and oxygen atoms in total. The van der Waals surface area contributed by atoms with Crippen molar-refractivity contribution in [1.29, 1.82) is 0 Å². The summed E-state index contributed by atoms with van der Waals surface area (Å²) in [6.45, 7) is 1.84. The van der Waals surface area contributed by atoms with Crippen molar-refractivity contribution < 1.29 is 14.5 Å². The zero-order valence-corrected chi connectivity index (χ0v) is 12.3. The first-order valence-corrected chi connectivity index (χ1v) is 6.94. The van der Waals surface area contributed by atoms with E-state index in [1.165, 1.54) is 31.0 Å². The number of nitrogens with zero attached hydrogens (tertiary/aromatic N) is 1. The van der Waals surface area contributed by atoms with Crippen molar-refractivity contribution >= 4 is 23.4 Å². The van der Waals surface area contributed by atoms with Gasteiger partial charge in [0.1, 0.15) is 0 Å². The fourth-order valence-corrected chi connectivity index (χ4v) is 2.73. The van der Waals surface area contributed by atoms with Crippen molar-refractivity contribution in [2.75, 3.05) is 7.11 Å². The van der Waals surface area contributed by atoms with Gasteiger partial charge in [-0.2, -0.15) is 0 Å². The molecule has 0 fully saturated rings.